The predicted octanol–water partition coefficient (Wildman–Crippen LogP) is 0.244. The fourth-order valence-corrected chi connectivity index (χ4v) is 2.62. The van der Waals surface area contributed by atoms with Crippen molar-refractivity contribution in [1.29, 1.82) is 0 Å². The lowest BCUT2D eigenvalue weighted by atomic mass is 10.9. The van der Waals surface area contributed by atoms with Crippen LogP contribution in [0.2, 0.25) is 0 Å². The Morgan fingerprint density at radius 2 is 1.27 bits per heavy atom. The van der Waals surface area contributed by atoms with Gasteiger partial charge < -0.3 is 0 Å². The maximum absolute atomic E-state index is 10.7. The minimum atomic E-state index is -4.21. The Kier molecular flexibility index (Phi) is 4.42. The molecule has 11 heavy (non-hydrogen) atoms. The Bertz CT molecular complexity index is 246. The van der Waals surface area contributed by atoms with E-state index in [4.69, 9.17) is 0 Å². The van der Waals surface area contributed by atoms with E-state index in [0.29, 0.717) is 0 Å². The second kappa shape index (κ2) is 4.32. The van der Waals surface area contributed by atoms with Crippen molar-refractivity contribution in [3.8, 4) is 0 Å². The molecule has 0 radical (unpaired) electrons. The van der Waals surface area contributed by atoms with E-state index in [1.807, 2.05) is 0 Å². The third kappa shape index (κ3) is 2.64. The molecular formula is C4H4Br2O4S. The first kappa shape index (κ1) is 11.2. The molecule has 7 heteroatoms. The van der Waals surface area contributed by atoms with Gasteiger partial charge in [-0.15, -0.1) is 0 Å². The summed E-state index contributed by atoms with van der Waals surface area (Å²) < 4.78 is 21.5. The Morgan fingerprint density at radius 3 is 1.45 bits per heavy atom. The van der Waals surface area contributed by atoms with E-state index in [9.17, 15) is 18.0 Å². The van der Waals surface area contributed by atoms with Gasteiger partial charge in [-0.3, -0.25) is 9.59 Å². The van der Waals surface area contributed by atoms with Crippen LogP contribution in [0.3, 0.4) is 0 Å². The van der Waals surface area contributed by atoms with Gasteiger partial charge in [0, 0.05) is 0 Å². The van der Waals surface area contributed by atoms with Gasteiger partial charge in [0.15, 0.2) is 0 Å². The van der Waals surface area contributed by atoms with Crippen LogP contribution in [0.25, 0.3) is 0 Å². The second-order valence-electron chi connectivity index (χ2n) is 1.51. The number of hydrogen-bond acceptors (Lipinski definition) is 4. The lowest BCUT2D eigenvalue weighted by Gasteiger charge is -1.94. The molecule has 0 heterocycles. The highest BCUT2D eigenvalue weighted by atomic mass is 79.9. The monoisotopic (exact) mass is 306 g/mol. The summed E-state index contributed by atoms with van der Waals surface area (Å²) in [5.74, 6) is 0. The van der Waals surface area contributed by atoms with Crippen molar-refractivity contribution in [1.82, 2.24) is 0 Å². The molecule has 0 atom stereocenters. The Morgan fingerprint density at radius 1 is 1.00 bits per heavy atom. The molecule has 0 rings (SSSR count). The molecule has 0 N–H and O–H groups in total. The lowest BCUT2D eigenvalue weighted by molar-refractivity contribution is -0.112. The highest BCUT2D eigenvalue weighted by Crippen LogP contribution is 2.00. The highest BCUT2D eigenvalue weighted by molar-refractivity contribution is 9.10. The van der Waals surface area contributed by atoms with Gasteiger partial charge in [0.05, 0.1) is 10.7 Å². The van der Waals surface area contributed by atoms with E-state index in [1.54, 1.807) is 0 Å². The van der Waals surface area contributed by atoms with Crippen LogP contribution in [0.1, 0.15) is 0 Å². The molecule has 0 spiro atoms. The fraction of sp³-hybridized carbons (Fsp3) is 0.500. The average molecular weight is 308 g/mol. The van der Waals surface area contributed by atoms with Crippen molar-refractivity contribution >= 4 is 51.9 Å². The number of alkyl halides is 2. The molecule has 0 fully saturated rings. The first-order valence-corrected chi connectivity index (χ1v) is 6.12. The molecule has 0 saturated heterocycles. The standard InChI is InChI=1S/C4H4Br2O4S/c5-1-3(7)11(9,10)4(8)2-6/h1-2H2. The van der Waals surface area contributed by atoms with Gasteiger partial charge in [0.1, 0.15) is 0 Å². The molecule has 0 aromatic rings. The fourth-order valence-electron chi connectivity index (χ4n) is 0.271. The molecule has 0 aliphatic carbocycles. The van der Waals surface area contributed by atoms with Crippen LogP contribution in [0.4, 0.5) is 0 Å². The van der Waals surface area contributed by atoms with Crippen molar-refractivity contribution in [3.63, 3.8) is 0 Å². The first-order chi connectivity index (χ1) is 4.96. The number of halogens is 2. The third-order valence-corrected chi connectivity index (χ3v) is 4.07. The molecule has 64 valence electrons. The molecule has 0 aromatic heterocycles. The minimum Gasteiger partial charge on any atom is -0.280 e. The van der Waals surface area contributed by atoms with E-state index in [2.05, 4.69) is 31.9 Å². The molecule has 0 bridgehead atoms. The van der Waals surface area contributed by atoms with Gasteiger partial charge in [-0.25, -0.2) is 8.42 Å². The molecule has 0 aliphatic heterocycles. The van der Waals surface area contributed by atoms with Gasteiger partial charge in [0.2, 0.25) is 0 Å². The number of carbonyl (C=O) groups excluding carboxylic acids is 2. The smallest absolute Gasteiger partial charge is 0.275 e. The number of sulfone groups is 1. The van der Waals surface area contributed by atoms with Gasteiger partial charge >= 0.3 is 0 Å². The SMILES string of the molecule is O=C(CBr)S(=O)(=O)C(=O)CBr. The maximum atomic E-state index is 10.7. The summed E-state index contributed by atoms with van der Waals surface area (Å²) in [6.07, 6.45) is 0. The van der Waals surface area contributed by atoms with Crippen LogP contribution in [-0.4, -0.2) is 29.3 Å². The zero-order chi connectivity index (χ0) is 9.07. The van der Waals surface area contributed by atoms with E-state index in [1.165, 1.54) is 0 Å². The first-order valence-electron chi connectivity index (χ1n) is 2.39. The summed E-state index contributed by atoms with van der Waals surface area (Å²) in [7, 11) is -4.21. The van der Waals surface area contributed by atoms with Gasteiger partial charge in [0.25, 0.3) is 20.1 Å². The van der Waals surface area contributed by atoms with Crippen LogP contribution in [-0.2, 0) is 19.4 Å². The highest BCUT2D eigenvalue weighted by Gasteiger charge is 2.28. The molecule has 0 saturated carbocycles. The van der Waals surface area contributed by atoms with Gasteiger partial charge in [-0.05, 0) is 0 Å². The van der Waals surface area contributed by atoms with Crippen molar-refractivity contribution < 1.29 is 18.0 Å². The van der Waals surface area contributed by atoms with Crippen molar-refractivity contribution in [2.75, 3.05) is 10.7 Å². The second-order valence-corrected chi connectivity index (χ2v) is 4.55. The topological polar surface area (TPSA) is 68.3 Å². The van der Waals surface area contributed by atoms with Crippen molar-refractivity contribution in [3.05, 3.63) is 0 Å². The van der Waals surface area contributed by atoms with Crippen LogP contribution in [0, 0.1) is 0 Å². The van der Waals surface area contributed by atoms with Crippen LogP contribution >= 0.6 is 31.9 Å². The summed E-state index contributed by atoms with van der Waals surface area (Å²) in [5.41, 5.74) is 0. The largest absolute Gasteiger partial charge is 0.280 e. The van der Waals surface area contributed by atoms with E-state index < -0.39 is 20.1 Å². The quantitative estimate of drug-likeness (QED) is 0.686. The summed E-state index contributed by atoms with van der Waals surface area (Å²) >= 11 is 5.30. The molecular weight excluding hydrogens is 304 g/mol. The Labute approximate surface area is 80.5 Å². The third-order valence-electron chi connectivity index (χ3n) is 0.818. The number of hydrogen-bond donors (Lipinski definition) is 0. The molecule has 4 nitrogen and oxygen atoms in total. The van der Waals surface area contributed by atoms with E-state index in [-0.39, 0.29) is 10.7 Å². The molecule has 0 aromatic carbocycles. The Hall–Kier alpha value is 0.250. The average Bonchev–Trinajstić information content (AvgIpc) is 2.01. The summed E-state index contributed by atoms with van der Waals surface area (Å²) in [6.45, 7) is 0. The summed E-state index contributed by atoms with van der Waals surface area (Å²) in [4.78, 5) is 21.1. The van der Waals surface area contributed by atoms with E-state index >= 15 is 0 Å². The Balaban J connectivity index is 4.76. The number of rotatable bonds is 2. The summed E-state index contributed by atoms with van der Waals surface area (Å²) in [5, 5.41) is -2.92. The number of carbonyl (C=O) groups is 2. The maximum Gasteiger partial charge on any atom is 0.275 e. The normalized spacial score (nSPS) is 11.1. The zero-order valence-electron chi connectivity index (χ0n) is 5.21. The predicted molar refractivity (Wildman–Crippen MR) is 46.5 cm³/mol. The minimum absolute atomic E-state index is 0.353. The summed E-state index contributed by atoms with van der Waals surface area (Å²) in [6, 6.07) is 0. The lowest BCUT2D eigenvalue weighted by Crippen LogP contribution is -2.25. The van der Waals surface area contributed by atoms with E-state index in [0.717, 1.165) is 0 Å². The van der Waals surface area contributed by atoms with Crippen LogP contribution in [0.5, 0.6) is 0 Å². The van der Waals surface area contributed by atoms with Crippen LogP contribution < -0.4 is 0 Å². The molecule has 0 unspecified atom stereocenters. The van der Waals surface area contributed by atoms with Gasteiger partial charge in [-0.1, -0.05) is 31.9 Å². The zero-order valence-corrected chi connectivity index (χ0v) is 9.20. The van der Waals surface area contributed by atoms with Crippen LogP contribution in [0.15, 0.2) is 0 Å². The van der Waals surface area contributed by atoms with Crippen molar-refractivity contribution in [2.24, 2.45) is 0 Å². The van der Waals surface area contributed by atoms with Crippen molar-refractivity contribution in [2.45, 2.75) is 0 Å². The van der Waals surface area contributed by atoms with Gasteiger partial charge in [-0.2, -0.15) is 0 Å². The molecule has 0 aliphatic rings. The molecule has 0 amide bonds.